The normalized spacial score (nSPS) is 11.8. The Bertz CT molecular complexity index is 496. The largest absolute Gasteiger partial charge is 0.479 e. The summed E-state index contributed by atoms with van der Waals surface area (Å²) in [5.41, 5.74) is 1.71. The third kappa shape index (κ3) is 4.51. The number of hydrogen-bond donors (Lipinski definition) is 4. The van der Waals surface area contributed by atoms with E-state index in [4.69, 9.17) is 10.2 Å². The molecule has 0 aliphatic rings. The van der Waals surface area contributed by atoms with Crippen molar-refractivity contribution in [2.45, 2.75) is 26.5 Å². The van der Waals surface area contributed by atoms with Gasteiger partial charge in [-0.3, -0.25) is 0 Å². The topological polar surface area (TPSA) is 98.7 Å². The number of rotatable bonds is 5. The molecule has 1 aromatic carbocycles. The lowest BCUT2D eigenvalue weighted by atomic mass is 10.1. The molecule has 0 spiro atoms. The highest BCUT2D eigenvalue weighted by atomic mass is 19.1. The zero-order valence-corrected chi connectivity index (χ0v) is 11.2. The number of urea groups is 1. The minimum Gasteiger partial charge on any atom is -0.479 e. The smallest absolute Gasteiger partial charge is 0.334 e. The van der Waals surface area contributed by atoms with Crippen molar-refractivity contribution >= 4 is 12.0 Å². The van der Waals surface area contributed by atoms with Crippen LogP contribution in [0, 0.1) is 19.7 Å². The molecule has 0 aromatic heterocycles. The van der Waals surface area contributed by atoms with Crippen molar-refractivity contribution in [3.63, 3.8) is 0 Å². The lowest BCUT2D eigenvalue weighted by Gasteiger charge is -2.11. The molecule has 1 rings (SSSR count). The number of aryl methyl sites for hydroxylation is 2. The molecule has 1 atom stereocenters. The quantitative estimate of drug-likeness (QED) is 0.639. The molecule has 2 amide bonds. The van der Waals surface area contributed by atoms with E-state index in [0.717, 1.165) is 5.56 Å². The van der Waals surface area contributed by atoms with Crippen LogP contribution in [0.2, 0.25) is 0 Å². The van der Waals surface area contributed by atoms with Gasteiger partial charge in [0.2, 0.25) is 0 Å². The number of nitrogens with one attached hydrogen (secondary N) is 2. The summed E-state index contributed by atoms with van der Waals surface area (Å²) in [5.74, 6) is -1.68. The van der Waals surface area contributed by atoms with Crippen LogP contribution in [-0.2, 0) is 11.3 Å². The van der Waals surface area contributed by atoms with Crippen LogP contribution in [0.4, 0.5) is 9.18 Å². The number of aliphatic hydroxyl groups is 1. The van der Waals surface area contributed by atoms with Gasteiger partial charge in [0.15, 0.2) is 6.10 Å². The Hall–Kier alpha value is -2.15. The van der Waals surface area contributed by atoms with E-state index in [1.807, 2.05) is 0 Å². The highest BCUT2D eigenvalue weighted by Gasteiger charge is 2.13. The maximum atomic E-state index is 13.4. The molecule has 7 heteroatoms. The minimum absolute atomic E-state index is 0.178. The third-order valence-corrected chi connectivity index (χ3v) is 2.69. The Kier molecular flexibility index (Phi) is 5.45. The van der Waals surface area contributed by atoms with Gasteiger partial charge in [0.25, 0.3) is 0 Å². The predicted molar refractivity (Wildman–Crippen MR) is 69.8 cm³/mol. The van der Waals surface area contributed by atoms with E-state index in [2.05, 4.69) is 10.6 Å². The van der Waals surface area contributed by atoms with E-state index in [0.29, 0.717) is 11.1 Å². The first-order valence-electron chi connectivity index (χ1n) is 5.99. The monoisotopic (exact) mass is 284 g/mol. The summed E-state index contributed by atoms with van der Waals surface area (Å²) in [6.45, 7) is 3.06. The van der Waals surface area contributed by atoms with Crippen molar-refractivity contribution in [2.75, 3.05) is 6.54 Å². The molecule has 1 unspecified atom stereocenters. The number of hydrogen-bond acceptors (Lipinski definition) is 3. The summed E-state index contributed by atoms with van der Waals surface area (Å²) in [6.07, 6.45) is -1.64. The summed E-state index contributed by atoms with van der Waals surface area (Å²) in [7, 11) is 0. The van der Waals surface area contributed by atoms with E-state index in [1.54, 1.807) is 26.0 Å². The number of carboxylic acids is 1. The number of aliphatic hydroxyl groups excluding tert-OH is 1. The van der Waals surface area contributed by atoms with E-state index in [1.165, 1.54) is 0 Å². The number of carbonyl (C=O) groups excluding carboxylic acids is 1. The molecule has 6 nitrogen and oxygen atoms in total. The van der Waals surface area contributed by atoms with Gasteiger partial charge in [-0.15, -0.1) is 0 Å². The van der Waals surface area contributed by atoms with Crippen LogP contribution in [0.5, 0.6) is 0 Å². The highest BCUT2D eigenvalue weighted by Crippen LogP contribution is 2.14. The lowest BCUT2D eigenvalue weighted by Crippen LogP contribution is -2.41. The van der Waals surface area contributed by atoms with Gasteiger partial charge in [-0.1, -0.05) is 12.1 Å². The van der Waals surface area contributed by atoms with Crippen molar-refractivity contribution in [3.8, 4) is 0 Å². The Balaban J connectivity index is 2.47. The van der Waals surface area contributed by atoms with Crippen LogP contribution in [-0.4, -0.2) is 34.9 Å². The molecule has 0 bridgehead atoms. The lowest BCUT2D eigenvalue weighted by molar-refractivity contribution is -0.146. The molecule has 110 valence electrons. The Labute approximate surface area is 115 Å². The fourth-order valence-electron chi connectivity index (χ4n) is 1.66. The average molecular weight is 284 g/mol. The zero-order valence-electron chi connectivity index (χ0n) is 11.2. The van der Waals surface area contributed by atoms with E-state index in [9.17, 15) is 14.0 Å². The highest BCUT2D eigenvalue weighted by molar-refractivity contribution is 5.76. The van der Waals surface area contributed by atoms with Gasteiger partial charge in [-0.2, -0.15) is 0 Å². The molecule has 0 heterocycles. The third-order valence-electron chi connectivity index (χ3n) is 2.69. The second kappa shape index (κ2) is 6.85. The fourth-order valence-corrected chi connectivity index (χ4v) is 1.66. The molecule has 4 N–H and O–H groups in total. The van der Waals surface area contributed by atoms with Crippen LogP contribution >= 0.6 is 0 Å². The van der Waals surface area contributed by atoms with Crippen LogP contribution in [0.1, 0.15) is 16.7 Å². The summed E-state index contributed by atoms with van der Waals surface area (Å²) in [4.78, 5) is 21.7. The molecule has 20 heavy (non-hydrogen) atoms. The van der Waals surface area contributed by atoms with Gasteiger partial charge >= 0.3 is 12.0 Å². The number of halogens is 1. The summed E-state index contributed by atoms with van der Waals surface area (Å²) in [5, 5.41) is 22.1. The standard InChI is InChI=1S/C13H17FN2O4/c1-7-3-9(4-8(2)11(7)14)5-15-13(20)16-6-10(17)12(18)19/h3-4,10,17H,5-6H2,1-2H3,(H,18,19)(H2,15,16,20). The predicted octanol–water partition coefficient (Wildman–Crippen LogP) is 0.687. The van der Waals surface area contributed by atoms with Gasteiger partial charge in [0.1, 0.15) is 5.82 Å². The number of amides is 2. The first kappa shape index (κ1) is 15.9. The van der Waals surface area contributed by atoms with E-state index >= 15 is 0 Å². The van der Waals surface area contributed by atoms with Gasteiger partial charge in [-0.05, 0) is 30.5 Å². The maximum Gasteiger partial charge on any atom is 0.334 e. The van der Waals surface area contributed by atoms with Crippen molar-refractivity contribution in [1.82, 2.24) is 10.6 Å². The molecule has 0 aliphatic carbocycles. The van der Waals surface area contributed by atoms with Gasteiger partial charge in [0.05, 0.1) is 6.54 Å². The molecule has 0 radical (unpaired) electrons. The van der Waals surface area contributed by atoms with E-state index < -0.39 is 18.1 Å². The first-order valence-corrected chi connectivity index (χ1v) is 5.99. The molecule has 0 fully saturated rings. The number of benzene rings is 1. The van der Waals surface area contributed by atoms with E-state index in [-0.39, 0.29) is 18.9 Å². The first-order chi connectivity index (χ1) is 9.31. The van der Waals surface area contributed by atoms with Crippen molar-refractivity contribution in [2.24, 2.45) is 0 Å². The average Bonchev–Trinajstić information content (AvgIpc) is 2.39. The second-order valence-electron chi connectivity index (χ2n) is 4.46. The number of carbonyl (C=O) groups is 2. The number of aliphatic carboxylic acids is 1. The number of carboxylic acid groups (broad SMARTS) is 1. The molecule has 0 saturated carbocycles. The van der Waals surface area contributed by atoms with Crippen molar-refractivity contribution < 1.29 is 24.2 Å². The Morgan fingerprint density at radius 2 is 1.80 bits per heavy atom. The molecule has 0 aliphatic heterocycles. The minimum atomic E-state index is -1.64. The SMILES string of the molecule is Cc1cc(CNC(=O)NCC(O)C(=O)O)cc(C)c1F. The molecular weight excluding hydrogens is 267 g/mol. The molecule has 0 saturated heterocycles. The van der Waals surface area contributed by atoms with Crippen molar-refractivity contribution in [1.29, 1.82) is 0 Å². The van der Waals surface area contributed by atoms with Crippen LogP contribution in [0.15, 0.2) is 12.1 Å². The second-order valence-corrected chi connectivity index (χ2v) is 4.46. The zero-order chi connectivity index (χ0) is 15.3. The summed E-state index contributed by atoms with van der Waals surface area (Å²) in [6, 6.07) is 2.63. The van der Waals surface area contributed by atoms with Crippen LogP contribution in [0.3, 0.4) is 0 Å². The molecular formula is C13H17FN2O4. The summed E-state index contributed by atoms with van der Waals surface area (Å²) >= 11 is 0. The van der Waals surface area contributed by atoms with Gasteiger partial charge < -0.3 is 20.8 Å². The van der Waals surface area contributed by atoms with Crippen molar-refractivity contribution in [3.05, 3.63) is 34.6 Å². The Morgan fingerprint density at radius 3 is 2.30 bits per heavy atom. The van der Waals surface area contributed by atoms with Gasteiger partial charge in [0, 0.05) is 6.54 Å². The fraction of sp³-hybridized carbons (Fsp3) is 0.385. The van der Waals surface area contributed by atoms with Crippen LogP contribution < -0.4 is 10.6 Å². The molecule has 1 aromatic rings. The summed E-state index contributed by atoms with van der Waals surface area (Å²) < 4.78 is 13.4. The maximum absolute atomic E-state index is 13.4. The van der Waals surface area contributed by atoms with Gasteiger partial charge in [-0.25, -0.2) is 14.0 Å². The Morgan fingerprint density at radius 1 is 1.25 bits per heavy atom. The van der Waals surface area contributed by atoms with Crippen LogP contribution in [0.25, 0.3) is 0 Å².